The number of phenolic OH excluding ortho intramolecular Hbond substituents is 1. The molecule has 1 amide bonds. The van der Waals surface area contributed by atoms with Crippen molar-refractivity contribution in [3.63, 3.8) is 0 Å². The van der Waals surface area contributed by atoms with Gasteiger partial charge in [-0.15, -0.1) is 11.8 Å². The molecule has 2 aromatic carbocycles. The van der Waals surface area contributed by atoms with Crippen molar-refractivity contribution in [3.8, 4) is 11.5 Å². The van der Waals surface area contributed by atoms with Crippen molar-refractivity contribution in [2.24, 2.45) is 0 Å². The number of halogens is 1. The highest BCUT2D eigenvalue weighted by Gasteiger charge is 2.14. The number of aromatic nitrogens is 1. The van der Waals surface area contributed by atoms with E-state index in [1.54, 1.807) is 24.9 Å². The van der Waals surface area contributed by atoms with Crippen molar-refractivity contribution in [2.75, 3.05) is 11.9 Å². The van der Waals surface area contributed by atoms with Crippen molar-refractivity contribution >= 4 is 35.0 Å². The minimum absolute atomic E-state index is 0.0678. The molecular formula is C21H19ClN2O3S. The summed E-state index contributed by atoms with van der Waals surface area (Å²) in [7, 11) is 0. The van der Waals surface area contributed by atoms with Gasteiger partial charge in [0.05, 0.1) is 11.6 Å². The molecular weight excluding hydrogens is 396 g/mol. The van der Waals surface area contributed by atoms with Crippen LogP contribution in [0.25, 0.3) is 0 Å². The van der Waals surface area contributed by atoms with E-state index in [0.717, 1.165) is 16.2 Å². The molecule has 3 aromatic rings. The van der Waals surface area contributed by atoms with E-state index in [1.807, 2.05) is 42.6 Å². The van der Waals surface area contributed by atoms with E-state index in [9.17, 15) is 9.90 Å². The Morgan fingerprint density at radius 1 is 1.25 bits per heavy atom. The maximum absolute atomic E-state index is 12.5. The Morgan fingerprint density at radius 3 is 2.71 bits per heavy atom. The highest BCUT2D eigenvalue weighted by atomic mass is 35.5. The Kier molecular flexibility index (Phi) is 6.79. The van der Waals surface area contributed by atoms with Gasteiger partial charge in [-0.1, -0.05) is 17.7 Å². The van der Waals surface area contributed by atoms with Crippen molar-refractivity contribution in [1.29, 1.82) is 0 Å². The number of amides is 1. The predicted octanol–water partition coefficient (Wildman–Crippen LogP) is 5.38. The molecule has 0 fully saturated rings. The number of pyridine rings is 1. The lowest BCUT2D eigenvalue weighted by atomic mass is 10.1. The topological polar surface area (TPSA) is 71.5 Å². The minimum atomic E-state index is -0.335. The molecule has 144 valence electrons. The van der Waals surface area contributed by atoms with Gasteiger partial charge in [-0.3, -0.25) is 9.78 Å². The van der Waals surface area contributed by atoms with Crippen LogP contribution in [-0.2, 0) is 5.75 Å². The summed E-state index contributed by atoms with van der Waals surface area (Å²) in [5, 5.41) is 12.8. The van der Waals surface area contributed by atoms with Gasteiger partial charge in [-0.05, 0) is 55.0 Å². The molecule has 0 atom stereocenters. The van der Waals surface area contributed by atoms with Crippen LogP contribution in [0, 0.1) is 0 Å². The van der Waals surface area contributed by atoms with Crippen LogP contribution >= 0.6 is 23.4 Å². The zero-order valence-corrected chi connectivity index (χ0v) is 16.8. The van der Waals surface area contributed by atoms with Gasteiger partial charge in [-0.25, -0.2) is 0 Å². The molecule has 1 heterocycles. The fraction of sp³-hybridized carbons (Fsp3) is 0.143. The quantitative estimate of drug-likeness (QED) is 0.507. The summed E-state index contributed by atoms with van der Waals surface area (Å²) < 4.78 is 5.32. The van der Waals surface area contributed by atoms with E-state index < -0.39 is 0 Å². The summed E-state index contributed by atoms with van der Waals surface area (Å²) in [5.74, 6) is 0.502. The summed E-state index contributed by atoms with van der Waals surface area (Å²) >= 11 is 7.68. The normalized spacial score (nSPS) is 10.5. The monoisotopic (exact) mass is 414 g/mol. The molecule has 7 heteroatoms. The molecule has 3 rings (SSSR count). The van der Waals surface area contributed by atoms with Crippen LogP contribution < -0.4 is 10.1 Å². The van der Waals surface area contributed by atoms with Crippen LogP contribution in [0.15, 0.2) is 65.8 Å². The number of carbonyl (C=O) groups is 1. The van der Waals surface area contributed by atoms with Crippen LogP contribution in [0.5, 0.6) is 11.5 Å². The van der Waals surface area contributed by atoms with Crippen LogP contribution in [0.4, 0.5) is 5.69 Å². The van der Waals surface area contributed by atoms with E-state index in [1.165, 1.54) is 12.1 Å². The molecule has 0 aliphatic carbocycles. The Morgan fingerprint density at radius 2 is 2.04 bits per heavy atom. The van der Waals surface area contributed by atoms with Crippen LogP contribution in [0.3, 0.4) is 0 Å². The molecule has 5 nitrogen and oxygen atoms in total. The first-order valence-electron chi connectivity index (χ1n) is 8.65. The zero-order chi connectivity index (χ0) is 19.9. The number of nitrogens with one attached hydrogen (secondary N) is 1. The average molecular weight is 415 g/mol. The smallest absolute Gasteiger partial charge is 0.255 e. The molecule has 0 bridgehead atoms. The number of ether oxygens (including phenoxy) is 1. The molecule has 0 aliphatic heterocycles. The molecule has 0 spiro atoms. The van der Waals surface area contributed by atoms with Gasteiger partial charge in [0.2, 0.25) is 0 Å². The summed E-state index contributed by atoms with van der Waals surface area (Å²) in [6.45, 7) is 2.14. The maximum atomic E-state index is 12.5. The van der Waals surface area contributed by atoms with Crippen LogP contribution in [-0.4, -0.2) is 22.6 Å². The first-order valence-corrected chi connectivity index (χ1v) is 10.0. The number of hydrogen-bond acceptors (Lipinski definition) is 5. The number of thioether (sulfide) groups is 1. The zero-order valence-electron chi connectivity index (χ0n) is 15.2. The number of rotatable bonds is 7. The van der Waals surface area contributed by atoms with Gasteiger partial charge in [0, 0.05) is 34.3 Å². The van der Waals surface area contributed by atoms with E-state index in [0.29, 0.717) is 17.9 Å². The number of phenols is 1. The van der Waals surface area contributed by atoms with E-state index in [-0.39, 0.29) is 22.4 Å². The number of carbonyl (C=O) groups excluding carboxylic acids is 1. The van der Waals surface area contributed by atoms with Crippen molar-refractivity contribution in [3.05, 3.63) is 77.1 Å². The van der Waals surface area contributed by atoms with Gasteiger partial charge in [-0.2, -0.15) is 0 Å². The largest absolute Gasteiger partial charge is 0.503 e. The summed E-state index contributed by atoms with van der Waals surface area (Å²) in [4.78, 5) is 17.7. The van der Waals surface area contributed by atoms with E-state index >= 15 is 0 Å². The molecule has 1 aromatic heterocycles. The molecule has 0 aliphatic rings. The highest BCUT2D eigenvalue weighted by Crippen LogP contribution is 2.35. The fourth-order valence-electron chi connectivity index (χ4n) is 2.46. The number of hydrogen-bond donors (Lipinski definition) is 2. The first kappa shape index (κ1) is 20.0. The van der Waals surface area contributed by atoms with Crippen molar-refractivity contribution in [2.45, 2.75) is 17.6 Å². The first-order chi connectivity index (χ1) is 13.6. The van der Waals surface area contributed by atoms with Gasteiger partial charge in [0.15, 0.2) is 11.5 Å². The number of anilines is 1. The Hall–Kier alpha value is -2.70. The van der Waals surface area contributed by atoms with Gasteiger partial charge >= 0.3 is 0 Å². The maximum Gasteiger partial charge on any atom is 0.255 e. The lowest BCUT2D eigenvalue weighted by Crippen LogP contribution is -2.12. The second kappa shape index (κ2) is 9.48. The average Bonchev–Trinajstić information content (AvgIpc) is 2.71. The fourth-order valence-corrected chi connectivity index (χ4v) is 3.50. The number of nitrogens with zero attached hydrogens (tertiary/aromatic N) is 1. The van der Waals surface area contributed by atoms with Crippen molar-refractivity contribution in [1.82, 2.24) is 4.98 Å². The summed E-state index contributed by atoms with van der Waals surface area (Å²) in [6, 6.07) is 14.4. The SMILES string of the molecule is CCOc1cc(C(=O)Nc2ccc(SCc3cccnc3)cc2)cc(Cl)c1O. The second-order valence-electron chi connectivity index (χ2n) is 5.87. The van der Waals surface area contributed by atoms with Gasteiger partial charge in [0.25, 0.3) is 5.91 Å². The van der Waals surface area contributed by atoms with Gasteiger partial charge < -0.3 is 15.2 Å². The Balaban J connectivity index is 1.64. The van der Waals surface area contributed by atoms with Crippen LogP contribution in [0.1, 0.15) is 22.8 Å². The van der Waals surface area contributed by atoms with Crippen molar-refractivity contribution < 1.29 is 14.6 Å². The van der Waals surface area contributed by atoms with E-state index in [2.05, 4.69) is 10.3 Å². The molecule has 0 saturated heterocycles. The van der Waals surface area contributed by atoms with Gasteiger partial charge in [0.1, 0.15) is 0 Å². The summed E-state index contributed by atoms with van der Waals surface area (Å²) in [6.07, 6.45) is 3.60. The lowest BCUT2D eigenvalue weighted by molar-refractivity contribution is 0.102. The molecule has 0 radical (unpaired) electrons. The molecule has 0 unspecified atom stereocenters. The van der Waals surface area contributed by atoms with Crippen LogP contribution in [0.2, 0.25) is 5.02 Å². The molecule has 2 N–H and O–H groups in total. The third-order valence-electron chi connectivity index (χ3n) is 3.83. The predicted molar refractivity (Wildman–Crippen MR) is 112 cm³/mol. The Bertz CT molecular complexity index is 950. The third-order valence-corrected chi connectivity index (χ3v) is 5.20. The number of aromatic hydroxyl groups is 1. The highest BCUT2D eigenvalue weighted by molar-refractivity contribution is 7.98. The lowest BCUT2D eigenvalue weighted by Gasteiger charge is -2.11. The summed E-state index contributed by atoms with van der Waals surface area (Å²) in [5.41, 5.74) is 2.12. The number of benzene rings is 2. The standard InChI is InChI=1S/C21H19ClN2O3S/c1-2-27-19-11-15(10-18(22)20(19)25)21(26)24-16-5-7-17(8-6-16)28-13-14-4-3-9-23-12-14/h3-12,25H,2,13H2,1H3,(H,24,26). The minimum Gasteiger partial charge on any atom is -0.503 e. The molecule has 0 saturated carbocycles. The molecule has 28 heavy (non-hydrogen) atoms. The Labute approximate surface area is 172 Å². The van der Waals surface area contributed by atoms with E-state index in [4.69, 9.17) is 16.3 Å². The third kappa shape index (κ3) is 5.18. The second-order valence-corrected chi connectivity index (χ2v) is 7.32.